The molecule has 0 bridgehead atoms. The quantitative estimate of drug-likeness (QED) is 0.728. The van der Waals surface area contributed by atoms with E-state index in [0.29, 0.717) is 22.0 Å². The average Bonchev–Trinajstić information content (AvgIpc) is 3.01. The lowest BCUT2D eigenvalue weighted by molar-refractivity contribution is -0.137. The van der Waals surface area contributed by atoms with E-state index in [9.17, 15) is 17.4 Å². The van der Waals surface area contributed by atoms with Crippen molar-refractivity contribution in [2.24, 2.45) is 7.05 Å². The molecule has 3 aromatic heterocycles. The summed E-state index contributed by atoms with van der Waals surface area (Å²) in [4.78, 5) is 8.54. The molecule has 1 unspecified atom stereocenters. The molecule has 0 aliphatic heterocycles. The number of pyridine rings is 2. The third-order valence-electron chi connectivity index (χ3n) is 3.78. The van der Waals surface area contributed by atoms with Crippen LogP contribution in [0.5, 0.6) is 0 Å². The number of rotatable bonds is 4. The Labute approximate surface area is 154 Å². The average molecular weight is 396 g/mol. The minimum Gasteiger partial charge on any atom is -0.397 e. The predicted octanol–water partition coefficient (Wildman–Crippen LogP) is 2.67. The number of alkyl halides is 3. The summed E-state index contributed by atoms with van der Waals surface area (Å²) in [6.07, 6.45) is -2.04. The highest BCUT2D eigenvalue weighted by Gasteiger charge is 2.31. The highest BCUT2D eigenvalue weighted by atomic mass is 32.2. The van der Waals surface area contributed by atoms with Crippen molar-refractivity contribution in [3.05, 3.63) is 36.2 Å². The van der Waals surface area contributed by atoms with Crippen molar-refractivity contribution >= 4 is 16.5 Å². The van der Waals surface area contributed by atoms with Crippen molar-refractivity contribution in [2.75, 3.05) is 11.5 Å². The third-order valence-corrected chi connectivity index (χ3v) is 5.11. The summed E-state index contributed by atoms with van der Waals surface area (Å²) in [5.74, 6) is 0.724. The molecule has 1 atom stereocenters. The van der Waals surface area contributed by atoms with Crippen molar-refractivity contribution in [2.45, 2.75) is 18.0 Å². The second-order valence-corrected chi connectivity index (χ2v) is 7.29. The van der Waals surface area contributed by atoms with Crippen LogP contribution in [0.15, 0.2) is 35.5 Å². The van der Waals surface area contributed by atoms with Crippen molar-refractivity contribution in [3.8, 4) is 23.0 Å². The van der Waals surface area contributed by atoms with E-state index in [1.807, 2.05) is 0 Å². The van der Waals surface area contributed by atoms with Crippen LogP contribution in [0.3, 0.4) is 0 Å². The molecule has 7 nitrogen and oxygen atoms in total. The van der Waals surface area contributed by atoms with Gasteiger partial charge >= 0.3 is 6.18 Å². The number of nitrogens with zero attached hydrogens (tertiary/aromatic N) is 5. The van der Waals surface area contributed by atoms with Gasteiger partial charge in [-0.15, -0.1) is 10.2 Å². The normalized spacial score (nSPS) is 12.9. The van der Waals surface area contributed by atoms with Crippen LogP contribution in [0.2, 0.25) is 0 Å². The van der Waals surface area contributed by atoms with Crippen molar-refractivity contribution in [1.29, 1.82) is 0 Å². The summed E-state index contributed by atoms with van der Waals surface area (Å²) < 4.78 is 52.6. The van der Waals surface area contributed by atoms with Gasteiger partial charge in [0.05, 0.1) is 33.1 Å². The van der Waals surface area contributed by atoms with Gasteiger partial charge in [0, 0.05) is 19.0 Å². The standard InChI is InChI=1S/C16H15F3N6OS/c1-3-27(26)12-7-10(20)8-22-13(12)15-24-23-14(25(15)2)11-6-9(4-5-21-11)16(17,18)19/h4-8H,3,20H2,1-2H3. The Bertz CT molecular complexity index is 1020. The molecule has 0 saturated carbocycles. The maximum atomic E-state index is 12.9. The zero-order chi connectivity index (χ0) is 19.8. The molecule has 0 aliphatic carbocycles. The first-order valence-corrected chi connectivity index (χ1v) is 9.11. The number of anilines is 1. The number of aromatic nitrogens is 5. The van der Waals surface area contributed by atoms with Gasteiger partial charge in [-0.3, -0.25) is 9.19 Å². The van der Waals surface area contributed by atoms with Gasteiger partial charge in [0.1, 0.15) is 11.4 Å². The fourth-order valence-electron chi connectivity index (χ4n) is 2.44. The molecule has 27 heavy (non-hydrogen) atoms. The van der Waals surface area contributed by atoms with Gasteiger partial charge < -0.3 is 10.3 Å². The summed E-state index contributed by atoms with van der Waals surface area (Å²) in [7, 11) is 0.213. The van der Waals surface area contributed by atoms with Gasteiger partial charge in [0.2, 0.25) is 0 Å². The zero-order valence-corrected chi connectivity index (χ0v) is 15.2. The minimum absolute atomic E-state index is 0.0136. The van der Waals surface area contributed by atoms with Gasteiger partial charge in [-0.1, -0.05) is 6.92 Å². The molecule has 0 fully saturated rings. The Morgan fingerprint density at radius 1 is 1.19 bits per heavy atom. The molecule has 0 amide bonds. The SMILES string of the molecule is CCS(=O)c1cc(N)cnc1-c1nnc(-c2cc(C(F)(F)F)ccn2)n1C. The van der Waals surface area contributed by atoms with Gasteiger partial charge in [0.25, 0.3) is 0 Å². The van der Waals surface area contributed by atoms with Gasteiger partial charge in [-0.25, -0.2) is 4.98 Å². The highest BCUT2D eigenvalue weighted by Crippen LogP contribution is 2.32. The van der Waals surface area contributed by atoms with Crippen LogP contribution in [-0.4, -0.2) is 34.7 Å². The Morgan fingerprint density at radius 3 is 2.56 bits per heavy atom. The monoisotopic (exact) mass is 396 g/mol. The predicted molar refractivity (Wildman–Crippen MR) is 93.8 cm³/mol. The first-order chi connectivity index (χ1) is 12.7. The smallest absolute Gasteiger partial charge is 0.397 e. The maximum Gasteiger partial charge on any atom is 0.416 e. The van der Waals surface area contributed by atoms with Crippen molar-refractivity contribution in [3.63, 3.8) is 0 Å². The molecule has 0 spiro atoms. The van der Waals surface area contributed by atoms with E-state index >= 15 is 0 Å². The van der Waals surface area contributed by atoms with E-state index in [-0.39, 0.29) is 17.3 Å². The molecular formula is C16H15F3N6OS. The number of nitrogens with two attached hydrogens (primary N) is 1. The number of nitrogen functional groups attached to an aromatic ring is 1. The molecule has 3 aromatic rings. The van der Waals surface area contributed by atoms with Gasteiger partial charge in [-0.05, 0) is 18.2 Å². The summed E-state index contributed by atoms with van der Waals surface area (Å²) in [5, 5.41) is 7.96. The van der Waals surface area contributed by atoms with Crippen LogP contribution < -0.4 is 5.73 Å². The van der Waals surface area contributed by atoms with Crippen LogP contribution in [-0.2, 0) is 24.0 Å². The Kier molecular flexibility index (Phi) is 4.96. The van der Waals surface area contributed by atoms with Crippen molar-refractivity contribution < 1.29 is 17.4 Å². The molecule has 3 heterocycles. The topological polar surface area (TPSA) is 99.6 Å². The van der Waals surface area contributed by atoms with E-state index < -0.39 is 22.5 Å². The molecule has 0 saturated heterocycles. The van der Waals surface area contributed by atoms with E-state index in [2.05, 4.69) is 20.2 Å². The molecule has 11 heteroatoms. The highest BCUT2D eigenvalue weighted by molar-refractivity contribution is 7.85. The lowest BCUT2D eigenvalue weighted by Gasteiger charge is -2.10. The van der Waals surface area contributed by atoms with Crippen molar-refractivity contribution in [1.82, 2.24) is 24.7 Å². The maximum absolute atomic E-state index is 12.9. The van der Waals surface area contributed by atoms with E-state index in [0.717, 1.165) is 18.3 Å². The van der Waals surface area contributed by atoms with Crippen LogP contribution in [0.25, 0.3) is 23.0 Å². The molecule has 0 aromatic carbocycles. The first kappa shape index (κ1) is 19.0. The lowest BCUT2D eigenvalue weighted by Crippen LogP contribution is -2.07. The minimum atomic E-state index is -4.50. The van der Waals surface area contributed by atoms with E-state index in [1.165, 1.54) is 10.8 Å². The van der Waals surface area contributed by atoms with E-state index in [1.54, 1.807) is 20.0 Å². The third kappa shape index (κ3) is 3.68. The van der Waals surface area contributed by atoms with E-state index in [4.69, 9.17) is 5.73 Å². The second kappa shape index (κ2) is 7.06. The Morgan fingerprint density at radius 2 is 1.89 bits per heavy atom. The fraction of sp³-hybridized carbons (Fsp3) is 0.250. The summed E-state index contributed by atoms with van der Waals surface area (Å²) in [5.41, 5.74) is 5.56. The Balaban J connectivity index is 2.12. The number of halogens is 3. The number of hydrogen-bond donors (Lipinski definition) is 1. The first-order valence-electron chi connectivity index (χ1n) is 7.79. The Hall–Kier alpha value is -2.82. The van der Waals surface area contributed by atoms with Crippen LogP contribution in [0.4, 0.5) is 18.9 Å². The molecule has 0 aliphatic rings. The molecule has 142 valence electrons. The molecule has 2 N–H and O–H groups in total. The zero-order valence-electron chi connectivity index (χ0n) is 14.4. The van der Waals surface area contributed by atoms with Gasteiger partial charge in [0.15, 0.2) is 11.6 Å². The second-order valence-electron chi connectivity index (χ2n) is 5.58. The summed E-state index contributed by atoms with van der Waals surface area (Å²) in [6.45, 7) is 1.75. The molecule has 3 rings (SSSR count). The van der Waals surface area contributed by atoms with Crippen LogP contribution >= 0.6 is 0 Å². The largest absolute Gasteiger partial charge is 0.416 e. The van der Waals surface area contributed by atoms with Crippen LogP contribution in [0, 0.1) is 0 Å². The summed E-state index contributed by atoms with van der Waals surface area (Å²) >= 11 is 0. The van der Waals surface area contributed by atoms with Crippen LogP contribution in [0.1, 0.15) is 12.5 Å². The van der Waals surface area contributed by atoms with Gasteiger partial charge in [-0.2, -0.15) is 13.2 Å². The fourth-order valence-corrected chi connectivity index (χ4v) is 3.38. The summed E-state index contributed by atoms with van der Waals surface area (Å²) in [6, 6.07) is 3.32. The molecular weight excluding hydrogens is 381 g/mol. The molecule has 0 radical (unpaired) electrons. The number of hydrogen-bond acceptors (Lipinski definition) is 6. The lowest BCUT2D eigenvalue weighted by atomic mass is 10.2.